The molecule has 0 radical (unpaired) electrons. The Hall–Kier alpha value is -1.49. The molecule has 110 valence electrons. The lowest BCUT2D eigenvalue weighted by atomic mass is 9.88. The van der Waals surface area contributed by atoms with E-state index in [0.29, 0.717) is 12.1 Å². The van der Waals surface area contributed by atoms with Crippen LogP contribution in [0.4, 0.5) is 8.78 Å². The summed E-state index contributed by atoms with van der Waals surface area (Å²) in [7, 11) is 0. The molecule has 1 aromatic rings. The van der Waals surface area contributed by atoms with Crippen molar-refractivity contribution in [3.05, 3.63) is 34.9 Å². The van der Waals surface area contributed by atoms with Crippen LogP contribution in [-0.2, 0) is 0 Å². The SMILES string of the molecule is CCCNC(=O)c1cc(F)c(F)c(C2CCNCC2)c1. The van der Waals surface area contributed by atoms with Crippen LogP contribution >= 0.6 is 0 Å². The Kier molecular flexibility index (Phi) is 5.06. The molecule has 2 N–H and O–H groups in total. The lowest BCUT2D eigenvalue weighted by Gasteiger charge is -2.24. The lowest BCUT2D eigenvalue weighted by molar-refractivity contribution is 0.0953. The predicted octanol–water partition coefficient (Wildman–Crippen LogP) is 2.57. The van der Waals surface area contributed by atoms with E-state index in [9.17, 15) is 13.6 Å². The van der Waals surface area contributed by atoms with Crippen LogP contribution < -0.4 is 10.6 Å². The van der Waals surface area contributed by atoms with Crippen molar-refractivity contribution >= 4 is 5.91 Å². The van der Waals surface area contributed by atoms with Gasteiger partial charge in [-0.25, -0.2) is 8.78 Å². The van der Waals surface area contributed by atoms with Crippen molar-refractivity contribution in [1.82, 2.24) is 10.6 Å². The minimum atomic E-state index is -0.942. The molecule has 2 rings (SSSR count). The zero-order valence-electron chi connectivity index (χ0n) is 11.6. The van der Waals surface area contributed by atoms with E-state index in [1.165, 1.54) is 6.07 Å². The van der Waals surface area contributed by atoms with Crippen molar-refractivity contribution in [3.63, 3.8) is 0 Å². The third-order valence-electron chi connectivity index (χ3n) is 3.63. The number of hydrogen-bond donors (Lipinski definition) is 2. The molecule has 1 fully saturated rings. The smallest absolute Gasteiger partial charge is 0.251 e. The number of amides is 1. The summed E-state index contributed by atoms with van der Waals surface area (Å²) >= 11 is 0. The standard InChI is InChI=1S/C15H20F2N2O/c1-2-5-19-15(20)11-8-12(14(17)13(16)9-11)10-3-6-18-7-4-10/h8-10,18H,2-7H2,1H3,(H,19,20). The molecular weight excluding hydrogens is 262 g/mol. The number of carbonyl (C=O) groups excluding carboxylic acids is 1. The Balaban J connectivity index is 2.26. The third kappa shape index (κ3) is 3.33. The molecule has 0 aliphatic carbocycles. The second kappa shape index (κ2) is 6.79. The number of halogens is 2. The second-order valence-corrected chi connectivity index (χ2v) is 5.14. The van der Waals surface area contributed by atoms with Crippen LogP contribution in [0.5, 0.6) is 0 Å². The normalized spacial score (nSPS) is 16.1. The van der Waals surface area contributed by atoms with Crippen LogP contribution in [0.2, 0.25) is 0 Å². The molecule has 0 bridgehead atoms. The quantitative estimate of drug-likeness (QED) is 0.891. The third-order valence-corrected chi connectivity index (χ3v) is 3.63. The summed E-state index contributed by atoms with van der Waals surface area (Å²) in [5.74, 6) is -2.13. The fraction of sp³-hybridized carbons (Fsp3) is 0.533. The first kappa shape index (κ1) is 14.9. The van der Waals surface area contributed by atoms with Gasteiger partial charge >= 0.3 is 0 Å². The number of carbonyl (C=O) groups is 1. The Morgan fingerprint density at radius 2 is 2.05 bits per heavy atom. The number of rotatable bonds is 4. The van der Waals surface area contributed by atoms with Crippen LogP contribution in [0.3, 0.4) is 0 Å². The molecule has 20 heavy (non-hydrogen) atoms. The molecule has 1 aliphatic heterocycles. The largest absolute Gasteiger partial charge is 0.352 e. The van der Waals surface area contributed by atoms with E-state index in [1.807, 2.05) is 6.92 Å². The highest BCUT2D eigenvalue weighted by molar-refractivity contribution is 5.94. The fourth-order valence-corrected chi connectivity index (χ4v) is 2.51. The Labute approximate surface area is 117 Å². The number of hydrogen-bond acceptors (Lipinski definition) is 2. The highest BCUT2D eigenvalue weighted by Crippen LogP contribution is 2.29. The zero-order valence-corrected chi connectivity index (χ0v) is 11.6. The molecule has 5 heteroatoms. The van der Waals surface area contributed by atoms with Crippen molar-refractivity contribution in [3.8, 4) is 0 Å². The van der Waals surface area contributed by atoms with Crippen molar-refractivity contribution in [2.24, 2.45) is 0 Å². The molecule has 1 saturated heterocycles. The van der Waals surface area contributed by atoms with Crippen molar-refractivity contribution in [2.45, 2.75) is 32.1 Å². The Morgan fingerprint density at radius 3 is 2.70 bits per heavy atom. The zero-order chi connectivity index (χ0) is 14.5. The van der Waals surface area contributed by atoms with Gasteiger partial charge in [-0.3, -0.25) is 4.79 Å². The first-order valence-electron chi connectivity index (χ1n) is 7.11. The van der Waals surface area contributed by atoms with Crippen LogP contribution in [0.25, 0.3) is 0 Å². The minimum Gasteiger partial charge on any atom is -0.352 e. The van der Waals surface area contributed by atoms with Crippen LogP contribution in [0, 0.1) is 11.6 Å². The summed E-state index contributed by atoms with van der Waals surface area (Å²) in [6.45, 7) is 4.04. The van der Waals surface area contributed by atoms with Crippen LogP contribution in [0.1, 0.15) is 48.0 Å². The summed E-state index contributed by atoms with van der Waals surface area (Å²) < 4.78 is 27.7. The van der Waals surface area contributed by atoms with E-state index in [2.05, 4.69) is 10.6 Å². The van der Waals surface area contributed by atoms with E-state index >= 15 is 0 Å². The lowest BCUT2D eigenvalue weighted by Crippen LogP contribution is -2.28. The van der Waals surface area contributed by atoms with Gasteiger partial charge in [-0.2, -0.15) is 0 Å². The topological polar surface area (TPSA) is 41.1 Å². The molecule has 0 aromatic heterocycles. The molecule has 0 unspecified atom stereocenters. The van der Waals surface area contributed by atoms with Gasteiger partial charge in [-0.05, 0) is 56.0 Å². The van der Waals surface area contributed by atoms with Gasteiger partial charge in [0.25, 0.3) is 5.91 Å². The summed E-state index contributed by atoms with van der Waals surface area (Å²) in [6, 6.07) is 2.48. The molecule has 0 saturated carbocycles. The second-order valence-electron chi connectivity index (χ2n) is 5.14. The molecular formula is C15H20F2N2O. The van der Waals surface area contributed by atoms with E-state index < -0.39 is 11.6 Å². The first-order valence-corrected chi connectivity index (χ1v) is 7.11. The summed E-state index contributed by atoms with van der Waals surface area (Å²) in [6.07, 6.45) is 2.32. The molecule has 1 heterocycles. The first-order chi connectivity index (χ1) is 9.63. The van der Waals surface area contributed by atoms with E-state index in [0.717, 1.165) is 38.4 Å². The van der Waals surface area contributed by atoms with Gasteiger partial charge in [0.05, 0.1) is 0 Å². The maximum Gasteiger partial charge on any atom is 0.251 e. The molecule has 1 amide bonds. The predicted molar refractivity (Wildman–Crippen MR) is 73.8 cm³/mol. The monoisotopic (exact) mass is 282 g/mol. The van der Waals surface area contributed by atoms with Gasteiger partial charge in [0.1, 0.15) is 0 Å². The van der Waals surface area contributed by atoms with Gasteiger partial charge in [0, 0.05) is 12.1 Å². The Morgan fingerprint density at radius 1 is 1.35 bits per heavy atom. The summed E-state index contributed by atoms with van der Waals surface area (Å²) in [4.78, 5) is 11.9. The van der Waals surface area contributed by atoms with E-state index in [4.69, 9.17) is 0 Å². The van der Waals surface area contributed by atoms with Gasteiger partial charge in [-0.15, -0.1) is 0 Å². The fourth-order valence-electron chi connectivity index (χ4n) is 2.51. The number of piperidine rings is 1. The average molecular weight is 282 g/mol. The summed E-state index contributed by atoms with van der Waals surface area (Å²) in [5.41, 5.74) is 0.527. The molecule has 1 aliphatic rings. The maximum absolute atomic E-state index is 14.0. The number of nitrogens with one attached hydrogen (secondary N) is 2. The molecule has 1 aromatic carbocycles. The highest BCUT2D eigenvalue weighted by atomic mass is 19.2. The molecule has 3 nitrogen and oxygen atoms in total. The van der Waals surface area contributed by atoms with Crippen molar-refractivity contribution < 1.29 is 13.6 Å². The van der Waals surface area contributed by atoms with Gasteiger partial charge in [0.2, 0.25) is 0 Å². The van der Waals surface area contributed by atoms with Crippen molar-refractivity contribution in [2.75, 3.05) is 19.6 Å². The van der Waals surface area contributed by atoms with Crippen LogP contribution in [0.15, 0.2) is 12.1 Å². The average Bonchev–Trinajstić information content (AvgIpc) is 2.48. The van der Waals surface area contributed by atoms with Crippen molar-refractivity contribution in [1.29, 1.82) is 0 Å². The minimum absolute atomic E-state index is 0.0234. The maximum atomic E-state index is 14.0. The number of benzene rings is 1. The van der Waals surface area contributed by atoms with Gasteiger partial charge in [0.15, 0.2) is 11.6 Å². The van der Waals surface area contributed by atoms with Gasteiger partial charge in [-0.1, -0.05) is 6.92 Å². The molecule has 0 spiro atoms. The van der Waals surface area contributed by atoms with E-state index in [-0.39, 0.29) is 17.4 Å². The van der Waals surface area contributed by atoms with E-state index in [1.54, 1.807) is 0 Å². The highest BCUT2D eigenvalue weighted by Gasteiger charge is 2.23. The van der Waals surface area contributed by atoms with Crippen LogP contribution in [-0.4, -0.2) is 25.5 Å². The Bertz CT molecular complexity index is 485. The summed E-state index contributed by atoms with van der Waals surface area (Å²) in [5, 5.41) is 5.87. The molecule has 0 atom stereocenters. The van der Waals surface area contributed by atoms with Gasteiger partial charge < -0.3 is 10.6 Å².